The number of para-hydroxylation sites is 2. The van der Waals surface area contributed by atoms with Crippen LogP contribution in [0.15, 0.2) is 48.5 Å². The monoisotopic (exact) mass is 413 g/mol. The summed E-state index contributed by atoms with van der Waals surface area (Å²) in [6, 6.07) is 12.0. The average molecular weight is 413 g/mol. The van der Waals surface area contributed by atoms with Gasteiger partial charge in [0.15, 0.2) is 0 Å². The van der Waals surface area contributed by atoms with Gasteiger partial charge < -0.3 is 19.9 Å². The molecule has 1 unspecified atom stereocenters. The average Bonchev–Trinajstić information content (AvgIpc) is 2.75. The van der Waals surface area contributed by atoms with E-state index in [1.165, 1.54) is 29.0 Å². The maximum Gasteiger partial charge on any atom is 0.312 e. The van der Waals surface area contributed by atoms with Crippen LogP contribution in [0.25, 0.3) is 0 Å². The number of carbonyl (C=O) groups excluding carboxylic acids is 3. The highest BCUT2D eigenvalue weighted by atomic mass is 19.1. The van der Waals surface area contributed by atoms with Crippen LogP contribution in [0.5, 0.6) is 5.75 Å². The second-order valence-electron chi connectivity index (χ2n) is 6.97. The SMILES string of the molecule is CCC(C(=O)Nc1ccccc1OC)N1CCN(Cc2ccc(F)cc2)C(=O)C1=O. The molecule has 1 aliphatic rings. The van der Waals surface area contributed by atoms with Gasteiger partial charge in [-0.1, -0.05) is 31.2 Å². The molecule has 0 bridgehead atoms. The van der Waals surface area contributed by atoms with Crippen molar-refractivity contribution in [2.24, 2.45) is 0 Å². The number of amides is 3. The summed E-state index contributed by atoms with van der Waals surface area (Å²) in [5.41, 5.74) is 1.23. The van der Waals surface area contributed by atoms with Crippen LogP contribution in [0.4, 0.5) is 10.1 Å². The normalized spacial score (nSPS) is 15.2. The summed E-state index contributed by atoms with van der Waals surface area (Å²) >= 11 is 0. The van der Waals surface area contributed by atoms with Gasteiger partial charge in [-0.15, -0.1) is 0 Å². The number of ether oxygens (including phenoxy) is 1. The predicted octanol–water partition coefficient (Wildman–Crippen LogP) is 2.42. The van der Waals surface area contributed by atoms with E-state index in [0.29, 0.717) is 24.4 Å². The number of halogens is 1. The van der Waals surface area contributed by atoms with Crippen LogP contribution in [0.2, 0.25) is 0 Å². The molecule has 1 aliphatic heterocycles. The van der Waals surface area contributed by atoms with E-state index < -0.39 is 17.9 Å². The van der Waals surface area contributed by atoms with Crippen LogP contribution < -0.4 is 10.1 Å². The molecule has 1 atom stereocenters. The summed E-state index contributed by atoms with van der Waals surface area (Å²) in [7, 11) is 1.50. The van der Waals surface area contributed by atoms with E-state index in [4.69, 9.17) is 4.74 Å². The van der Waals surface area contributed by atoms with Gasteiger partial charge in [0.05, 0.1) is 12.8 Å². The minimum absolute atomic E-state index is 0.211. The van der Waals surface area contributed by atoms with Crippen molar-refractivity contribution in [3.05, 3.63) is 59.9 Å². The van der Waals surface area contributed by atoms with Gasteiger partial charge in [-0.3, -0.25) is 14.4 Å². The van der Waals surface area contributed by atoms with Crippen molar-refractivity contribution in [1.29, 1.82) is 0 Å². The van der Waals surface area contributed by atoms with Crippen molar-refractivity contribution in [2.75, 3.05) is 25.5 Å². The van der Waals surface area contributed by atoms with Gasteiger partial charge in [0.2, 0.25) is 5.91 Å². The molecule has 0 spiro atoms. The largest absolute Gasteiger partial charge is 0.495 e. The highest BCUT2D eigenvalue weighted by molar-refractivity contribution is 6.35. The van der Waals surface area contributed by atoms with Crippen molar-refractivity contribution >= 4 is 23.4 Å². The van der Waals surface area contributed by atoms with E-state index in [0.717, 1.165) is 5.56 Å². The third-order valence-corrected chi connectivity index (χ3v) is 5.06. The van der Waals surface area contributed by atoms with Crippen LogP contribution in [0.3, 0.4) is 0 Å². The highest BCUT2D eigenvalue weighted by Crippen LogP contribution is 2.24. The maximum absolute atomic E-state index is 13.1. The fourth-order valence-corrected chi connectivity index (χ4v) is 3.46. The summed E-state index contributed by atoms with van der Waals surface area (Å²) in [5.74, 6) is -1.63. The van der Waals surface area contributed by atoms with Gasteiger partial charge in [-0.05, 0) is 36.2 Å². The molecular formula is C22H24FN3O4. The Kier molecular flexibility index (Phi) is 6.66. The summed E-state index contributed by atoms with van der Waals surface area (Å²) in [4.78, 5) is 40.9. The lowest BCUT2D eigenvalue weighted by Gasteiger charge is -2.37. The number of piperazine rings is 1. The van der Waals surface area contributed by atoms with Gasteiger partial charge in [0.25, 0.3) is 0 Å². The van der Waals surface area contributed by atoms with E-state index in [1.807, 2.05) is 0 Å². The topological polar surface area (TPSA) is 79.0 Å². The first kappa shape index (κ1) is 21.3. The Morgan fingerprint density at radius 1 is 1.10 bits per heavy atom. The fourth-order valence-electron chi connectivity index (χ4n) is 3.46. The second kappa shape index (κ2) is 9.39. The lowest BCUT2D eigenvalue weighted by Crippen LogP contribution is -2.59. The number of benzene rings is 2. The van der Waals surface area contributed by atoms with Crippen molar-refractivity contribution in [3.8, 4) is 5.75 Å². The number of hydrogen-bond acceptors (Lipinski definition) is 4. The molecule has 0 aromatic heterocycles. The van der Waals surface area contributed by atoms with Crippen LogP contribution in [0.1, 0.15) is 18.9 Å². The number of nitrogens with zero attached hydrogens (tertiary/aromatic N) is 2. The summed E-state index contributed by atoms with van der Waals surface area (Å²) in [6.45, 7) is 2.53. The third-order valence-electron chi connectivity index (χ3n) is 5.06. The molecule has 1 fully saturated rings. The van der Waals surface area contributed by atoms with E-state index in [-0.39, 0.29) is 24.8 Å². The molecule has 8 heteroatoms. The Morgan fingerprint density at radius 3 is 2.47 bits per heavy atom. The van der Waals surface area contributed by atoms with Gasteiger partial charge in [0, 0.05) is 19.6 Å². The standard InChI is InChI=1S/C22H24FN3O4/c1-3-18(20(27)24-17-6-4-5-7-19(17)30-2)26-13-12-25(21(28)22(26)29)14-15-8-10-16(23)11-9-15/h4-11,18H,3,12-14H2,1-2H3,(H,24,27). The minimum atomic E-state index is -0.778. The van der Waals surface area contributed by atoms with Gasteiger partial charge in [-0.25, -0.2) is 4.39 Å². The third kappa shape index (κ3) is 4.59. The summed E-state index contributed by atoms with van der Waals surface area (Å²) in [6.07, 6.45) is 0.359. The first-order chi connectivity index (χ1) is 14.4. The first-order valence-electron chi connectivity index (χ1n) is 9.72. The zero-order valence-electron chi connectivity index (χ0n) is 16.9. The molecule has 158 valence electrons. The van der Waals surface area contributed by atoms with Crippen molar-refractivity contribution in [2.45, 2.75) is 25.9 Å². The molecule has 1 heterocycles. The predicted molar refractivity (Wildman–Crippen MR) is 109 cm³/mol. The maximum atomic E-state index is 13.1. The molecule has 3 amide bonds. The molecule has 0 saturated carbocycles. The molecule has 2 aromatic carbocycles. The van der Waals surface area contributed by atoms with E-state index in [1.54, 1.807) is 43.3 Å². The van der Waals surface area contributed by atoms with Crippen LogP contribution in [-0.4, -0.2) is 53.8 Å². The molecule has 1 N–H and O–H groups in total. The zero-order valence-corrected chi connectivity index (χ0v) is 16.9. The molecule has 30 heavy (non-hydrogen) atoms. The first-order valence-corrected chi connectivity index (χ1v) is 9.72. The zero-order chi connectivity index (χ0) is 21.7. The fraction of sp³-hybridized carbons (Fsp3) is 0.318. The lowest BCUT2D eigenvalue weighted by atomic mass is 10.1. The second-order valence-corrected chi connectivity index (χ2v) is 6.97. The molecular weight excluding hydrogens is 389 g/mol. The summed E-state index contributed by atoms with van der Waals surface area (Å²) < 4.78 is 18.3. The Hall–Kier alpha value is -3.42. The molecule has 7 nitrogen and oxygen atoms in total. The number of methoxy groups -OCH3 is 1. The Balaban J connectivity index is 1.68. The lowest BCUT2D eigenvalue weighted by molar-refractivity contribution is -0.159. The molecule has 2 aromatic rings. The highest BCUT2D eigenvalue weighted by Gasteiger charge is 2.38. The van der Waals surface area contributed by atoms with Gasteiger partial charge >= 0.3 is 11.8 Å². The molecule has 0 radical (unpaired) electrons. The number of hydrogen-bond donors (Lipinski definition) is 1. The Labute approximate surface area is 174 Å². The van der Waals surface area contributed by atoms with Crippen LogP contribution in [-0.2, 0) is 20.9 Å². The minimum Gasteiger partial charge on any atom is -0.495 e. The smallest absolute Gasteiger partial charge is 0.312 e. The van der Waals surface area contributed by atoms with Crippen molar-refractivity contribution in [3.63, 3.8) is 0 Å². The van der Waals surface area contributed by atoms with E-state index in [9.17, 15) is 18.8 Å². The molecule has 0 aliphatic carbocycles. The summed E-state index contributed by atoms with van der Waals surface area (Å²) in [5, 5.41) is 2.78. The molecule has 3 rings (SSSR count). The quantitative estimate of drug-likeness (QED) is 0.707. The number of rotatable bonds is 7. The van der Waals surface area contributed by atoms with Gasteiger partial charge in [-0.2, -0.15) is 0 Å². The van der Waals surface area contributed by atoms with Crippen LogP contribution >= 0.6 is 0 Å². The van der Waals surface area contributed by atoms with Crippen LogP contribution in [0, 0.1) is 5.82 Å². The number of anilines is 1. The number of nitrogens with one attached hydrogen (secondary N) is 1. The number of carbonyl (C=O) groups is 3. The van der Waals surface area contributed by atoms with Gasteiger partial charge in [0.1, 0.15) is 17.6 Å². The Morgan fingerprint density at radius 2 is 1.80 bits per heavy atom. The van der Waals surface area contributed by atoms with Crippen molar-refractivity contribution < 1.29 is 23.5 Å². The van der Waals surface area contributed by atoms with Crippen molar-refractivity contribution in [1.82, 2.24) is 9.80 Å². The van der Waals surface area contributed by atoms with E-state index in [2.05, 4.69) is 5.32 Å². The Bertz CT molecular complexity index is 932. The van der Waals surface area contributed by atoms with E-state index >= 15 is 0 Å². The molecule has 1 saturated heterocycles.